The second-order valence-corrected chi connectivity index (χ2v) is 3.24. The maximum Gasteiger partial charge on any atom is 0.573 e. The molecule has 0 saturated carbocycles. The minimum atomic E-state index is -4.66. The van der Waals surface area contributed by atoms with Crippen LogP contribution in [0.4, 0.5) is 13.2 Å². The summed E-state index contributed by atoms with van der Waals surface area (Å²) in [4.78, 5) is 0.526. The molecule has 0 aliphatic heterocycles. The van der Waals surface area contributed by atoms with Gasteiger partial charge >= 0.3 is 6.36 Å². The SMILES string of the molecule is CC(=S)c1cccc(OC(F)(F)F)c1. The van der Waals surface area contributed by atoms with Crippen molar-refractivity contribution in [3.05, 3.63) is 29.8 Å². The third kappa shape index (κ3) is 3.33. The van der Waals surface area contributed by atoms with Crippen LogP contribution in [0.25, 0.3) is 0 Å². The Balaban J connectivity index is 2.89. The summed E-state index contributed by atoms with van der Waals surface area (Å²) in [5.41, 5.74) is 0.557. The lowest BCUT2D eigenvalue weighted by Crippen LogP contribution is -2.17. The molecule has 76 valence electrons. The van der Waals surface area contributed by atoms with Gasteiger partial charge in [0.25, 0.3) is 0 Å². The smallest absolute Gasteiger partial charge is 0.406 e. The van der Waals surface area contributed by atoms with E-state index in [-0.39, 0.29) is 5.75 Å². The van der Waals surface area contributed by atoms with Gasteiger partial charge in [-0.15, -0.1) is 13.2 Å². The standard InChI is InChI=1S/C9H7F3OS/c1-6(14)7-3-2-4-8(5-7)13-9(10,11)12/h2-5H,1H3. The van der Waals surface area contributed by atoms with E-state index < -0.39 is 6.36 Å². The second-order valence-electron chi connectivity index (χ2n) is 2.63. The average Bonchev–Trinajstić information content (AvgIpc) is 2.01. The highest BCUT2D eigenvalue weighted by molar-refractivity contribution is 7.80. The van der Waals surface area contributed by atoms with Crippen LogP contribution in [0.15, 0.2) is 24.3 Å². The largest absolute Gasteiger partial charge is 0.573 e. The molecule has 0 amide bonds. The lowest BCUT2D eigenvalue weighted by molar-refractivity contribution is -0.274. The Morgan fingerprint density at radius 1 is 1.36 bits per heavy atom. The molecule has 0 aliphatic carbocycles. The van der Waals surface area contributed by atoms with Crippen molar-refractivity contribution in [1.29, 1.82) is 0 Å². The van der Waals surface area contributed by atoms with Crippen molar-refractivity contribution >= 4 is 17.1 Å². The molecule has 0 bridgehead atoms. The van der Waals surface area contributed by atoms with E-state index in [0.717, 1.165) is 0 Å². The number of rotatable bonds is 2. The Labute approximate surface area is 84.5 Å². The topological polar surface area (TPSA) is 9.23 Å². The van der Waals surface area contributed by atoms with E-state index in [2.05, 4.69) is 4.74 Å². The van der Waals surface area contributed by atoms with Crippen LogP contribution in [0.1, 0.15) is 12.5 Å². The number of halogens is 3. The number of ether oxygens (including phenoxy) is 1. The fraction of sp³-hybridized carbons (Fsp3) is 0.222. The van der Waals surface area contributed by atoms with Gasteiger partial charge in [-0.3, -0.25) is 0 Å². The Morgan fingerprint density at radius 2 is 2.00 bits per heavy atom. The number of benzene rings is 1. The van der Waals surface area contributed by atoms with Crippen molar-refractivity contribution in [2.45, 2.75) is 13.3 Å². The summed E-state index contributed by atoms with van der Waals surface area (Å²) in [5, 5.41) is 0. The lowest BCUT2D eigenvalue weighted by Gasteiger charge is -2.09. The first-order valence-electron chi connectivity index (χ1n) is 3.75. The lowest BCUT2D eigenvalue weighted by atomic mass is 10.2. The molecular weight excluding hydrogens is 213 g/mol. The van der Waals surface area contributed by atoms with Gasteiger partial charge in [-0.1, -0.05) is 24.4 Å². The molecule has 1 rings (SSSR count). The quantitative estimate of drug-likeness (QED) is 0.558. The minimum absolute atomic E-state index is 0.251. The van der Waals surface area contributed by atoms with Crippen LogP contribution in [0.2, 0.25) is 0 Å². The van der Waals surface area contributed by atoms with Gasteiger partial charge in [-0.2, -0.15) is 0 Å². The Hall–Kier alpha value is -1.10. The Bertz CT molecular complexity index is 346. The first-order chi connectivity index (χ1) is 6.38. The first kappa shape index (κ1) is 11.0. The van der Waals surface area contributed by atoms with E-state index in [1.54, 1.807) is 13.0 Å². The van der Waals surface area contributed by atoms with Crippen molar-refractivity contribution in [3.63, 3.8) is 0 Å². The molecule has 0 saturated heterocycles. The highest BCUT2D eigenvalue weighted by Gasteiger charge is 2.31. The normalized spacial score (nSPS) is 11.1. The molecule has 1 aromatic rings. The van der Waals surface area contributed by atoms with Crippen molar-refractivity contribution in [1.82, 2.24) is 0 Å². The van der Waals surface area contributed by atoms with E-state index in [9.17, 15) is 13.2 Å². The first-order valence-corrected chi connectivity index (χ1v) is 4.16. The summed E-state index contributed by atoms with van der Waals surface area (Å²) >= 11 is 4.83. The molecular formula is C9H7F3OS. The summed E-state index contributed by atoms with van der Waals surface area (Å²) < 4.78 is 39.2. The zero-order valence-electron chi connectivity index (χ0n) is 7.26. The fourth-order valence-corrected chi connectivity index (χ4v) is 1.04. The van der Waals surface area contributed by atoms with Crippen LogP contribution in [0.3, 0.4) is 0 Å². The van der Waals surface area contributed by atoms with Crippen LogP contribution < -0.4 is 4.74 Å². The molecule has 1 nitrogen and oxygen atoms in total. The molecule has 0 atom stereocenters. The van der Waals surface area contributed by atoms with Gasteiger partial charge in [0.15, 0.2) is 0 Å². The summed E-state index contributed by atoms with van der Waals surface area (Å²) in [6.07, 6.45) is -4.66. The predicted molar refractivity (Wildman–Crippen MR) is 50.5 cm³/mol. The highest BCUT2D eigenvalue weighted by Crippen LogP contribution is 2.23. The molecule has 0 heterocycles. The van der Waals surface area contributed by atoms with Crippen LogP contribution in [0.5, 0.6) is 5.75 Å². The number of hydrogen-bond acceptors (Lipinski definition) is 2. The number of thiocarbonyl (C=S) groups is 1. The molecule has 0 spiro atoms. The zero-order valence-corrected chi connectivity index (χ0v) is 8.08. The van der Waals surface area contributed by atoms with Crippen molar-refractivity contribution < 1.29 is 17.9 Å². The van der Waals surface area contributed by atoms with Gasteiger partial charge in [0, 0.05) is 4.86 Å². The molecule has 1 aromatic carbocycles. The van der Waals surface area contributed by atoms with Crippen LogP contribution in [-0.2, 0) is 0 Å². The summed E-state index contributed by atoms with van der Waals surface area (Å²) in [7, 11) is 0. The molecule has 14 heavy (non-hydrogen) atoms. The van der Waals surface area contributed by atoms with E-state index in [1.807, 2.05) is 0 Å². The molecule has 0 unspecified atom stereocenters. The fourth-order valence-electron chi connectivity index (χ4n) is 0.912. The Kier molecular flexibility index (Phi) is 3.10. The number of hydrogen-bond donors (Lipinski definition) is 0. The second kappa shape index (κ2) is 3.96. The van der Waals surface area contributed by atoms with Crippen molar-refractivity contribution in [2.24, 2.45) is 0 Å². The number of alkyl halides is 3. The van der Waals surface area contributed by atoms with Gasteiger partial charge in [0.2, 0.25) is 0 Å². The van der Waals surface area contributed by atoms with Gasteiger partial charge in [0.1, 0.15) is 5.75 Å². The van der Waals surface area contributed by atoms with E-state index in [0.29, 0.717) is 10.4 Å². The highest BCUT2D eigenvalue weighted by atomic mass is 32.1. The molecule has 0 fully saturated rings. The van der Waals surface area contributed by atoms with Crippen LogP contribution in [0, 0.1) is 0 Å². The van der Waals surface area contributed by atoms with E-state index >= 15 is 0 Å². The minimum Gasteiger partial charge on any atom is -0.406 e. The average molecular weight is 220 g/mol. The Morgan fingerprint density at radius 3 is 2.50 bits per heavy atom. The zero-order chi connectivity index (χ0) is 10.8. The van der Waals surface area contributed by atoms with Gasteiger partial charge in [-0.25, -0.2) is 0 Å². The third-order valence-electron chi connectivity index (χ3n) is 1.47. The maximum atomic E-state index is 11.8. The van der Waals surface area contributed by atoms with Gasteiger partial charge in [-0.05, 0) is 24.6 Å². The predicted octanol–water partition coefficient (Wildman–Crippen LogP) is 3.32. The molecule has 0 aromatic heterocycles. The van der Waals surface area contributed by atoms with Gasteiger partial charge < -0.3 is 4.74 Å². The van der Waals surface area contributed by atoms with Crippen LogP contribution >= 0.6 is 12.2 Å². The van der Waals surface area contributed by atoms with E-state index in [4.69, 9.17) is 12.2 Å². The molecule has 5 heteroatoms. The van der Waals surface area contributed by atoms with Crippen molar-refractivity contribution in [2.75, 3.05) is 0 Å². The molecule has 0 radical (unpaired) electrons. The maximum absolute atomic E-state index is 11.8. The summed E-state index contributed by atoms with van der Waals surface area (Å²) in [6, 6.07) is 5.59. The van der Waals surface area contributed by atoms with Gasteiger partial charge in [0.05, 0.1) is 0 Å². The monoisotopic (exact) mass is 220 g/mol. The van der Waals surface area contributed by atoms with E-state index in [1.165, 1.54) is 18.2 Å². The summed E-state index contributed by atoms with van der Waals surface area (Å²) in [5.74, 6) is -0.251. The van der Waals surface area contributed by atoms with Crippen molar-refractivity contribution in [3.8, 4) is 5.75 Å². The third-order valence-corrected chi connectivity index (χ3v) is 1.71. The molecule has 0 aliphatic rings. The summed E-state index contributed by atoms with van der Waals surface area (Å²) in [6.45, 7) is 1.64. The molecule has 0 N–H and O–H groups in total. The van der Waals surface area contributed by atoms with Crippen LogP contribution in [-0.4, -0.2) is 11.2 Å².